The van der Waals surface area contributed by atoms with Gasteiger partial charge in [-0.25, -0.2) is 4.39 Å². The van der Waals surface area contributed by atoms with E-state index in [0.717, 1.165) is 6.42 Å². The molecular weight excluding hydrogens is 389 g/mol. The number of nitrogens with zero attached hydrogens (tertiary/aromatic N) is 3. The molecule has 2 N–H and O–H groups in total. The molecular formula is C21H26FN5O3. The summed E-state index contributed by atoms with van der Waals surface area (Å²) in [7, 11) is 3.48. The lowest BCUT2D eigenvalue weighted by molar-refractivity contribution is -0.134. The number of H-pyrrole nitrogens is 1. The highest BCUT2D eigenvalue weighted by Crippen LogP contribution is 2.26. The van der Waals surface area contributed by atoms with Crippen molar-refractivity contribution in [2.75, 3.05) is 33.8 Å². The predicted octanol–water partition coefficient (Wildman–Crippen LogP) is 1.27. The van der Waals surface area contributed by atoms with Crippen LogP contribution in [0.1, 0.15) is 23.2 Å². The van der Waals surface area contributed by atoms with E-state index in [1.165, 1.54) is 18.3 Å². The number of rotatable bonds is 5. The van der Waals surface area contributed by atoms with Crippen molar-refractivity contribution in [2.24, 2.45) is 0 Å². The van der Waals surface area contributed by atoms with E-state index in [0.29, 0.717) is 42.9 Å². The maximum atomic E-state index is 13.6. The van der Waals surface area contributed by atoms with Crippen LogP contribution < -0.4 is 5.32 Å². The van der Waals surface area contributed by atoms with Crippen LogP contribution in [0, 0.1) is 5.82 Å². The van der Waals surface area contributed by atoms with Crippen LogP contribution in [0.2, 0.25) is 0 Å². The van der Waals surface area contributed by atoms with Crippen LogP contribution in [0.15, 0.2) is 30.5 Å². The highest BCUT2D eigenvalue weighted by Gasteiger charge is 2.38. The van der Waals surface area contributed by atoms with Gasteiger partial charge in [0.1, 0.15) is 5.82 Å². The van der Waals surface area contributed by atoms with Gasteiger partial charge in [-0.15, -0.1) is 0 Å². The first-order chi connectivity index (χ1) is 14.4. The van der Waals surface area contributed by atoms with Crippen LogP contribution in [-0.4, -0.2) is 83.8 Å². The molecule has 1 aromatic carbocycles. The lowest BCUT2D eigenvalue weighted by Crippen LogP contribution is -2.47. The zero-order valence-corrected chi connectivity index (χ0v) is 17.1. The number of nitrogens with one attached hydrogen (secondary N) is 2. The van der Waals surface area contributed by atoms with Crippen molar-refractivity contribution in [3.05, 3.63) is 41.8 Å². The molecule has 4 rings (SSSR count). The molecule has 160 valence electrons. The van der Waals surface area contributed by atoms with Gasteiger partial charge in [0.15, 0.2) is 0 Å². The normalized spacial score (nSPS) is 23.8. The van der Waals surface area contributed by atoms with Gasteiger partial charge in [-0.2, -0.15) is 5.10 Å². The molecule has 3 atom stereocenters. The fourth-order valence-corrected chi connectivity index (χ4v) is 4.13. The lowest BCUT2D eigenvalue weighted by Gasteiger charge is -2.35. The summed E-state index contributed by atoms with van der Waals surface area (Å²) >= 11 is 0. The summed E-state index contributed by atoms with van der Waals surface area (Å²) in [6.45, 7) is 1.94. The minimum atomic E-state index is -0.372. The Hall–Kier alpha value is -2.78. The van der Waals surface area contributed by atoms with Gasteiger partial charge in [0.05, 0.1) is 36.6 Å². The average Bonchev–Trinajstić information content (AvgIpc) is 3.34. The number of fused-ring (bicyclic) bond motifs is 1. The average molecular weight is 415 g/mol. The molecule has 2 fully saturated rings. The number of aromatic amines is 1. The molecule has 2 amide bonds. The first-order valence-corrected chi connectivity index (χ1v) is 10.1. The molecule has 2 saturated heterocycles. The molecule has 0 aliphatic carbocycles. The molecule has 0 bridgehead atoms. The largest absolute Gasteiger partial charge is 0.375 e. The summed E-state index contributed by atoms with van der Waals surface area (Å²) in [4.78, 5) is 28.7. The molecule has 8 nitrogen and oxygen atoms in total. The molecule has 2 aliphatic rings. The number of hydrogen-bond donors (Lipinski definition) is 2. The van der Waals surface area contributed by atoms with E-state index in [2.05, 4.69) is 20.4 Å². The number of benzene rings is 1. The maximum absolute atomic E-state index is 13.6. The Morgan fingerprint density at radius 1 is 1.37 bits per heavy atom. The van der Waals surface area contributed by atoms with E-state index in [1.54, 1.807) is 31.1 Å². The Labute approximate surface area is 174 Å². The number of aromatic nitrogens is 2. The molecule has 2 aromatic rings. The van der Waals surface area contributed by atoms with E-state index in [9.17, 15) is 14.0 Å². The minimum Gasteiger partial charge on any atom is -0.375 e. The quantitative estimate of drug-likeness (QED) is 0.768. The summed E-state index contributed by atoms with van der Waals surface area (Å²) in [5.74, 6) is -0.566. The number of morpholine rings is 1. The third-order valence-corrected chi connectivity index (χ3v) is 5.72. The molecule has 1 aromatic heterocycles. The Morgan fingerprint density at radius 2 is 2.20 bits per heavy atom. The number of halogens is 1. The number of ether oxygens (including phenoxy) is 1. The Kier molecular flexibility index (Phi) is 5.83. The van der Waals surface area contributed by atoms with Crippen molar-refractivity contribution in [1.29, 1.82) is 0 Å². The first kappa shape index (κ1) is 20.5. The van der Waals surface area contributed by atoms with E-state index < -0.39 is 0 Å². The highest BCUT2D eigenvalue weighted by molar-refractivity contribution is 5.99. The Bertz CT molecular complexity index is 931. The number of carbonyl (C=O) groups excluding carboxylic acids is 2. The lowest BCUT2D eigenvalue weighted by atomic mass is 10.1. The van der Waals surface area contributed by atoms with Crippen molar-refractivity contribution in [3.63, 3.8) is 0 Å². The fourth-order valence-electron chi connectivity index (χ4n) is 4.13. The van der Waals surface area contributed by atoms with Crippen molar-refractivity contribution >= 4 is 11.8 Å². The highest BCUT2D eigenvalue weighted by atomic mass is 19.1. The summed E-state index contributed by atoms with van der Waals surface area (Å²) in [5.41, 5.74) is 1.45. The van der Waals surface area contributed by atoms with E-state index in [-0.39, 0.29) is 35.8 Å². The predicted molar refractivity (Wildman–Crippen MR) is 108 cm³/mol. The van der Waals surface area contributed by atoms with E-state index >= 15 is 0 Å². The van der Waals surface area contributed by atoms with Gasteiger partial charge in [-0.1, -0.05) is 12.1 Å². The molecule has 30 heavy (non-hydrogen) atoms. The maximum Gasteiger partial charge on any atom is 0.255 e. The second kappa shape index (κ2) is 8.53. The van der Waals surface area contributed by atoms with Crippen LogP contribution in [0.3, 0.4) is 0 Å². The van der Waals surface area contributed by atoms with Gasteiger partial charge in [0, 0.05) is 44.8 Å². The van der Waals surface area contributed by atoms with Crippen LogP contribution in [0.25, 0.3) is 11.3 Å². The number of hydrogen-bond acceptors (Lipinski definition) is 5. The van der Waals surface area contributed by atoms with E-state index in [4.69, 9.17) is 4.74 Å². The van der Waals surface area contributed by atoms with Crippen LogP contribution >= 0.6 is 0 Å². The van der Waals surface area contributed by atoms with Gasteiger partial charge >= 0.3 is 0 Å². The zero-order chi connectivity index (χ0) is 21.3. The summed E-state index contributed by atoms with van der Waals surface area (Å²) in [6, 6.07) is 6.26. The number of carbonyl (C=O) groups is 2. The van der Waals surface area contributed by atoms with Gasteiger partial charge in [0.2, 0.25) is 5.91 Å². The van der Waals surface area contributed by atoms with Crippen molar-refractivity contribution in [1.82, 2.24) is 25.3 Å². The summed E-state index contributed by atoms with van der Waals surface area (Å²) in [6.07, 6.45) is 2.48. The van der Waals surface area contributed by atoms with Gasteiger partial charge in [-0.05, 0) is 18.6 Å². The molecule has 0 saturated carbocycles. The molecule has 0 unspecified atom stereocenters. The first-order valence-electron chi connectivity index (χ1n) is 10.1. The van der Waals surface area contributed by atoms with Crippen LogP contribution in [-0.2, 0) is 9.53 Å². The second-order valence-corrected chi connectivity index (χ2v) is 8.13. The number of amides is 2. The standard InChI is InChI=1S/C21H26FN5O3/c1-26(2)19(28)8-17-11-27-10-15(7-16(27)12-30-17)24-21(29)18-9-23-25-20(18)13-4-3-5-14(22)6-13/h3-6,9,15-17H,7-8,10-12H2,1-2H3,(H,23,25)(H,24,29)/t15-,16-,17-/m0/s1. The molecule has 3 heterocycles. The fraction of sp³-hybridized carbons (Fsp3) is 0.476. The monoisotopic (exact) mass is 415 g/mol. The zero-order valence-electron chi connectivity index (χ0n) is 17.1. The third-order valence-electron chi connectivity index (χ3n) is 5.72. The van der Waals surface area contributed by atoms with Gasteiger partial charge in [-0.3, -0.25) is 19.6 Å². The molecule has 9 heteroatoms. The van der Waals surface area contributed by atoms with Crippen molar-refractivity contribution in [2.45, 2.75) is 31.0 Å². The third kappa shape index (κ3) is 4.36. The van der Waals surface area contributed by atoms with Crippen molar-refractivity contribution in [3.8, 4) is 11.3 Å². The second-order valence-electron chi connectivity index (χ2n) is 8.13. The summed E-state index contributed by atoms with van der Waals surface area (Å²) < 4.78 is 19.4. The van der Waals surface area contributed by atoms with Crippen LogP contribution in [0.4, 0.5) is 4.39 Å². The van der Waals surface area contributed by atoms with Crippen LogP contribution in [0.5, 0.6) is 0 Å². The topological polar surface area (TPSA) is 90.6 Å². The minimum absolute atomic E-state index is 0.0235. The van der Waals surface area contributed by atoms with Crippen molar-refractivity contribution < 1.29 is 18.7 Å². The Balaban J connectivity index is 1.37. The molecule has 0 spiro atoms. The summed E-state index contributed by atoms with van der Waals surface area (Å²) in [5, 5.41) is 9.84. The van der Waals surface area contributed by atoms with Gasteiger partial charge in [0.25, 0.3) is 5.91 Å². The molecule has 2 aliphatic heterocycles. The smallest absolute Gasteiger partial charge is 0.255 e. The Morgan fingerprint density at radius 3 is 2.97 bits per heavy atom. The molecule has 0 radical (unpaired) electrons. The van der Waals surface area contributed by atoms with E-state index in [1.807, 2.05) is 0 Å². The van der Waals surface area contributed by atoms with Gasteiger partial charge < -0.3 is 15.0 Å². The SMILES string of the molecule is CN(C)C(=O)C[C@H]1CN2C[C@@H](NC(=O)c3cn[nH]c3-c3cccc(F)c3)C[C@H]2CO1.